The van der Waals surface area contributed by atoms with E-state index < -0.39 is 0 Å². The second-order valence-electron chi connectivity index (χ2n) is 27.8. The maximum atomic E-state index is 7.20. The monoisotopic (exact) mass is 1070 g/mol. The molecule has 0 atom stereocenters. The number of ether oxygens (including phenoxy) is 1. The van der Waals surface area contributed by atoms with Gasteiger partial charge in [0.25, 0.3) is 0 Å². The van der Waals surface area contributed by atoms with E-state index >= 15 is 0 Å². The first-order chi connectivity index (χ1) is 39.5. The van der Waals surface area contributed by atoms with E-state index in [4.69, 9.17) is 9.72 Å². The molecule has 3 aromatic heterocycles. The van der Waals surface area contributed by atoms with E-state index in [-0.39, 0.29) is 21.7 Å². The van der Waals surface area contributed by atoms with Gasteiger partial charge in [-0.1, -0.05) is 159 Å². The Balaban J connectivity index is 0.827. The number of anilines is 4. The highest BCUT2D eigenvalue weighted by Crippen LogP contribution is 2.65. The smallest absolute Gasteiger partial charge is 0.137 e. The molecule has 6 heteroatoms. The first-order valence-corrected chi connectivity index (χ1v) is 30.2. The Morgan fingerprint density at radius 1 is 0.427 bits per heavy atom. The van der Waals surface area contributed by atoms with Gasteiger partial charge in [0.05, 0.1) is 39.1 Å². The highest BCUT2D eigenvalue weighted by atomic mass is 16.5. The van der Waals surface area contributed by atoms with E-state index in [0.717, 1.165) is 45.9 Å². The van der Waals surface area contributed by atoms with Crippen molar-refractivity contribution in [1.29, 1.82) is 0 Å². The molecule has 0 saturated heterocycles. The quantitative estimate of drug-likeness (QED) is 0.152. The van der Waals surface area contributed by atoms with E-state index in [2.05, 4.69) is 276 Å². The minimum absolute atomic E-state index is 0.0572. The fraction of sp³-hybridized carbons (Fsp3) is 0.303. The Hall–Kier alpha value is -8.09. The van der Waals surface area contributed by atoms with Crippen LogP contribution in [0.4, 0.5) is 22.7 Å². The molecule has 8 aromatic carbocycles. The highest BCUT2D eigenvalue weighted by Gasteiger charge is 2.58. The summed E-state index contributed by atoms with van der Waals surface area (Å²) < 4.78 is 12.1. The molecule has 0 amide bonds. The molecule has 4 saturated carbocycles. The van der Waals surface area contributed by atoms with Crippen LogP contribution < -0.4 is 14.5 Å². The lowest BCUT2D eigenvalue weighted by atomic mass is 9.42. The molecule has 4 fully saturated rings. The van der Waals surface area contributed by atoms with Crippen LogP contribution in [0.2, 0.25) is 0 Å². The molecule has 4 bridgehead atoms. The number of rotatable bonds is 8. The zero-order valence-corrected chi connectivity index (χ0v) is 49.2. The van der Waals surface area contributed by atoms with Crippen molar-refractivity contribution in [2.45, 2.75) is 116 Å². The van der Waals surface area contributed by atoms with Gasteiger partial charge in [0.2, 0.25) is 0 Å². The van der Waals surface area contributed by atoms with Gasteiger partial charge in [0.1, 0.15) is 24.0 Å². The van der Waals surface area contributed by atoms with Gasteiger partial charge < -0.3 is 19.1 Å². The molecule has 0 spiro atoms. The molecule has 4 aliphatic carbocycles. The zero-order chi connectivity index (χ0) is 56.0. The molecule has 0 unspecified atom stereocenters. The van der Waals surface area contributed by atoms with Gasteiger partial charge in [0.15, 0.2) is 0 Å². The van der Waals surface area contributed by atoms with E-state index in [1.54, 1.807) is 0 Å². The Morgan fingerprint density at radius 2 is 0.976 bits per heavy atom. The van der Waals surface area contributed by atoms with Crippen molar-refractivity contribution < 1.29 is 4.74 Å². The average molecular weight is 1070 g/mol. The van der Waals surface area contributed by atoms with Crippen LogP contribution in [0.5, 0.6) is 11.5 Å². The lowest BCUT2D eigenvalue weighted by molar-refractivity contribution is -0.0418. The molecule has 1 aliphatic heterocycles. The van der Waals surface area contributed by atoms with E-state index in [0.29, 0.717) is 18.5 Å². The van der Waals surface area contributed by atoms with Crippen LogP contribution in [0.25, 0.3) is 55.1 Å². The largest absolute Gasteiger partial charge is 0.457 e. The van der Waals surface area contributed by atoms with Gasteiger partial charge >= 0.3 is 0 Å². The first-order valence-electron chi connectivity index (χ1n) is 30.2. The third kappa shape index (κ3) is 7.98. The summed E-state index contributed by atoms with van der Waals surface area (Å²) in [5, 5.41) is 4.98. The summed E-state index contributed by atoms with van der Waals surface area (Å²) in [6.45, 7) is 21.6. The summed E-state index contributed by atoms with van der Waals surface area (Å²) in [6, 6.07) is 70.6. The molecule has 11 aromatic rings. The van der Waals surface area contributed by atoms with Gasteiger partial charge in [-0.15, -0.1) is 0 Å². The number of hydrogen-bond donors (Lipinski definition) is 0. The summed E-state index contributed by atoms with van der Waals surface area (Å²) in [5.41, 5.74) is 17.2. The molecule has 5 aliphatic rings. The van der Waals surface area contributed by atoms with Crippen molar-refractivity contribution in [1.82, 2.24) is 14.1 Å². The van der Waals surface area contributed by atoms with Crippen LogP contribution in [0.1, 0.15) is 122 Å². The fourth-order valence-electron chi connectivity index (χ4n) is 16.2. The summed E-state index contributed by atoms with van der Waals surface area (Å²) in [4.78, 5) is 10.4. The van der Waals surface area contributed by atoms with Crippen molar-refractivity contribution in [3.05, 3.63) is 222 Å². The van der Waals surface area contributed by atoms with Crippen molar-refractivity contribution in [3.63, 3.8) is 0 Å². The second-order valence-corrected chi connectivity index (χ2v) is 27.8. The molecule has 0 N–H and O–H groups in total. The Labute approximate surface area is 484 Å². The Bertz CT molecular complexity index is 4210. The summed E-state index contributed by atoms with van der Waals surface area (Å²) in [5.74, 6) is 5.35. The lowest BCUT2D eigenvalue weighted by Crippen LogP contribution is -2.56. The molecule has 6 nitrogen and oxygen atoms in total. The second kappa shape index (κ2) is 18.5. The number of hydrogen-bond acceptors (Lipinski definition) is 4. The fourth-order valence-corrected chi connectivity index (χ4v) is 16.2. The minimum atomic E-state index is -0.138. The van der Waals surface area contributed by atoms with Crippen molar-refractivity contribution in [2.75, 3.05) is 16.5 Å². The van der Waals surface area contributed by atoms with Crippen LogP contribution in [0.3, 0.4) is 0 Å². The van der Waals surface area contributed by atoms with Crippen molar-refractivity contribution in [2.24, 2.45) is 23.7 Å². The number of fused-ring (bicyclic) bond motifs is 7. The molecule has 4 heterocycles. The molecule has 0 radical (unpaired) electrons. The SMILES string of the molecule is CC(C)(C)c1cc(Oc2ccc3c4ccccc4n(-c4cc(C5(c6ccc(-n7c8ccccc8c8ccccc87)cc6)C6CC7CC(C6)CC5C7)ccn4)c3c2)cc(N2CN(c3c(C(C)(C)C)cccc3C(C)(C)C)c3ccccc32)c1. The molecular formula is C76H75N5O. The van der Waals surface area contributed by atoms with Gasteiger partial charge in [0, 0.05) is 56.7 Å². The van der Waals surface area contributed by atoms with Crippen molar-refractivity contribution >= 4 is 66.4 Å². The van der Waals surface area contributed by atoms with E-state index in [9.17, 15) is 0 Å². The molecule has 16 rings (SSSR count). The van der Waals surface area contributed by atoms with Gasteiger partial charge in [-0.05, 0) is 179 Å². The van der Waals surface area contributed by atoms with Crippen LogP contribution in [-0.4, -0.2) is 20.8 Å². The van der Waals surface area contributed by atoms with Gasteiger partial charge in [-0.25, -0.2) is 4.98 Å². The lowest BCUT2D eigenvalue weighted by Gasteiger charge is -2.62. The normalized spacial score (nSPS) is 20.7. The average Bonchev–Trinajstić information content (AvgIpc) is 3.55. The number of aromatic nitrogens is 3. The maximum absolute atomic E-state index is 7.20. The predicted octanol–water partition coefficient (Wildman–Crippen LogP) is 20.0. The summed E-state index contributed by atoms with van der Waals surface area (Å²) in [7, 11) is 0. The van der Waals surface area contributed by atoms with Gasteiger partial charge in [-0.2, -0.15) is 0 Å². The number of nitrogens with zero attached hydrogens (tertiary/aromatic N) is 5. The highest BCUT2D eigenvalue weighted by molar-refractivity contribution is 6.10. The van der Waals surface area contributed by atoms with E-state index in [1.807, 2.05) is 0 Å². The zero-order valence-electron chi connectivity index (χ0n) is 49.2. The van der Waals surface area contributed by atoms with Gasteiger partial charge in [-0.3, -0.25) is 4.57 Å². The third-order valence-corrected chi connectivity index (χ3v) is 19.7. The molecule has 82 heavy (non-hydrogen) atoms. The summed E-state index contributed by atoms with van der Waals surface area (Å²) in [6.07, 6.45) is 8.67. The molecular weight excluding hydrogens is 999 g/mol. The van der Waals surface area contributed by atoms with Crippen LogP contribution in [-0.2, 0) is 21.7 Å². The standard InChI is InChI=1S/C76H75N5O/c1-73(2,3)52-42-56(78-47-79(69-28-17-16-27-68(69)78)72-63(74(4,5)6)22-18-23-64(72)75(7,8)9)45-58(43-52)82-57-33-34-62-61-21-12-15-26-67(61)81(70(62)46-57)71-44-51(35-36-77-71)76(53-38-48-37-49(40-53)41-54(76)39-48)50-29-31-55(32-30-50)80-65-24-13-10-19-59(65)60-20-11-14-25-66(60)80/h10-36,42-46,48-49,53-54H,37-41,47H2,1-9H3. The predicted molar refractivity (Wildman–Crippen MR) is 342 cm³/mol. The van der Waals surface area contributed by atoms with E-state index in [1.165, 1.54) is 115 Å². The Morgan fingerprint density at radius 3 is 1.56 bits per heavy atom. The first kappa shape index (κ1) is 50.8. The maximum Gasteiger partial charge on any atom is 0.137 e. The van der Waals surface area contributed by atoms with Crippen LogP contribution >= 0.6 is 0 Å². The third-order valence-electron chi connectivity index (χ3n) is 19.7. The topological polar surface area (TPSA) is 38.5 Å². The summed E-state index contributed by atoms with van der Waals surface area (Å²) >= 11 is 0. The number of pyridine rings is 1. The van der Waals surface area contributed by atoms with Crippen molar-refractivity contribution in [3.8, 4) is 23.0 Å². The number of benzene rings is 8. The van der Waals surface area contributed by atoms with Crippen LogP contribution in [0, 0.1) is 23.7 Å². The molecule has 410 valence electrons. The Kier molecular flexibility index (Phi) is 11.4. The number of para-hydroxylation sites is 6. The minimum Gasteiger partial charge on any atom is -0.457 e. The van der Waals surface area contributed by atoms with Crippen LogP contribution in [0.15, 0.2) is 194 Å².